The number of nitrogens with two attached hydrogens (primary N) is 1. The van der Waals surface area contributed by atoms with Gasteiger partial charge in [-0.05, 0) is 25.5 Å². The second-order valence-electron chi connectivity index (χ2n) is 4.75. The van der Waals surface area contributed by atoms with E-state index in [4.69, 9.17) is 22.6 Å². The standard InChI is InChI=1S/C12H13ClN4O/c1-12(11(15)18)2-3-17(7-12)10-5-8(6-14)4-9(13)16-10/h4-5H,2-3,7H2,1H3,(H2,15,18). The zero-order chi connectivity index (χ0) is 13.3. The van der Waals surface area contributed by atoms with E-state index in [0.717, 1.165) is 0 Å². The van der Waals surface area contributed by atoms with Crippen molar-refractivity contribution in [1.29, 1.82) is 5.26 Å². The van der Waals surface area contributed by atoms with E-state index in [0.29, 0.717) is 30.9 Å². The van der Waals surface area contributed by atoms with E-state index in [1.807, 2.05) is 17.9 Å². The first kappa shape index (κ1) is 12.7. The summed E-state index contributed by atoms with van der Waals surface area (Å²) >= 11 is 5.86. The fourth-order valence-electron chi connectivity index (χ4n) is 2.07. The minimum Gasteiger partial charge on any atom is -0.369 e. The average molecular weight is 265 g/mol. The van der Waals surface area contributed by atoms with Crippen molar-refractivity contribution < 1.29 is 4.79 Å². The van der Waals surface area contributed by atoms with Crippen molar-refractivity contribution in [2.45, 2.75) is 13.3 Å². The smallest absolute Gasteiger partial charge is 0.225 e. The first-order valence-corrected chi connectivity index (χ1v) is 5.95. The number of primary amides is 1. The molecule has 2 rings (SSSR count). The monoisotopic (exact) mass is 264 g/mol. The summed E-state index contributed by atoms with van der Waals surface area (Å²) in [6.45, 7) is 3.02. The number of aromatic nitrogens is 1. The first-order valence-electron chi connectivity index (χ1n) is 5.57. The summed E-state index contributed by atoms with van der Waals surface area (Å²) in [6, 6.07) is 5.21. The minimum atomic E-state index is -0.545. The van der Waals surface area contributed by atoms with Crippen LogP contribution in [0.25, 0.3) is 0 Å². The van der Waals surface area contributed by atoms with Gasteiger partial charge in [0.25, 0.3) is 0 Å². The molecule has 0 bridgehead atoms. The Morgan fingerprint density at radius 3 is 2.94 bits per heavy atom. The summed E-state index contributed by atoms with van der Waals surface area (Å²) in [4.78, 5) is 17.5. The summed E-state index contributed by atoms with van der Waals surface area (Å²) in [6.07, 6.45) is 0.679. The van der Waals surface area contributed by atoms with E-state index >= 15 is 0 Å². The van der Waals surface area contributed by atoms with Crippen LogP contribution in [0.5, 0.6) is 0 Å². The Labute approximate surface area is 110 Å². The number of nitriles is 1. The van der Waals surface area contributed by atoms with Crippen molar-refractivity contribution in [3.63, 3.8) is 0 Å². The maximum Gasteiger partial charge on any atom is 0.225 e. The van der Waals surface area contributed by atoms with E-state index in [2.05, 4.69) is 4.98 Å². The van der Waals surface area contributed by atoms with Crippen LogP contribution in [0.4, 0.5) is 5.82 Å². The summed E-state index contributed by atoms with van der Waals surface area (Å²) in [5.41, 5.74) is 5.31. The number of anilines is 1. The lowest BCUT2D eigenvalue weighted by atomic mass is 9.89. The highest BCUT2D eigenvalue weighted by atomic mass is 35.5. The van der Waals surface area contributed by atoms with E-state index in [-0.39, 0.29) is 11.1 Å². The number of pyridine rings is 1. The lowest BCUT2D eigenvalue weighted by Crippen LogP contribution is -2.37. The molecule has 0 radical (unpaired) electrons. The Morgan fingerprint density at radius 1 is 1.67 bits per heavy atom. The molecule has 1 aromatic rings. The maximum absolute atomic E-state index is 11.4. The van der Waals surface area contributed by atoms with E-state index in [1.165, 1.54) is 6.07 Å². The summed E-state index contributed by atoms with van der Waals surface area (Å²) < 4.78 is 0. The molecule has 1 aliphatic rings. The molecule has 2 N–H and O–H groups in total. The molecule has 1 amide bonds. The molecule has 5 nitrogen and oxygen atoms in total. The second kappa shape index (κ2) is 4.46. The molecular formula is C12H13ClN4O. The Balaban J connectivity index is 2.27. The Bertz CT molecular complexity index is 539. The van der Waals surface area contributed by atoms with Gasteiger partial charge in [0.2, 0.25) is 5.91 Å². The van der Waals surface area contributed by atoms with Crippen molar-refractivity contribution in [3.05, 3.63) is 22.8 Å². The summed E-state index contributed by atoms with van der Waals surface area (Å²) in [5.74, 6) is 0.302. The molecule has 1 aliphatic heterocycles. The van der Waals surface area contributed by atoms with E-state index in [9.17, 15) is 4.79 Å². The van der Waals surface area contributed by atoms with Gasteiger partial charge in [-0.2, -0.15) is 5.26 Å². The number of hydrogen-bond acceptors (Lipinski definition) is 4. The number of nitrogens with zero attached hydrogens (tertiary/aromatic N) is 3. The summed E-state index contributed by atoms with van der Waals surface area (Å²) in [5, 5.41) is 9.17. The van der Waals surface area contributed by atoms with Crippen LogP contribution in [-0.2, 0) is 4.79 Å². The molecule has 6 heteroatoms. The van der Waals surface area contributed by atoms with E-state index < -0.39 is 5.41 Å². The molecule has 0 aromatic carbocycles. The molecule has 0 aliphatic carbocycles. The van der Waals surface area contributed by atoms with Gasteiger partial charge in [-0.1, -0.05) is 11.6 Å². The molecule has 1 aromatic heterocycles. The number of carbonyl (C=O) groups is 1. The third kappa shape index (κ3) is 2.24. The molecule has 94 valence electrons. The van der Waals surface area contributed by atoms with Crippen molar-refractivity contribution in [3.8, 4) is 6.07 Å². The quantitative estimate of drug-likeness (QED) is 0.817. The zero-order valence-electron chi connectivity index (χ0n) is 9.98. The van der Waals surface area contributed by atoms with Gasteiger partial charge < -0.3 is 10.6 Å². The average Bonchev–Trinajstić information content (AvgIpc) is 2.72. The van der Waals surface area contributed by atoms with Crippen LogP contribution < -0.4 is 10.6 Å². The van der Waals surface area contributed by atoms with Crippen LogP contribution in [0.3, 0.4) is 0 Å². The number of rotatable bonds is 2. The van der Waals surface area contributed by atoms with Crippen LogP contribution in [0.1, 0.15) is 18.9 Å². The largest absolute Gasteiger partial charge is 0.369 e. The number of halogens is 1. The molecular weight excluding hydrogens is 252 g/mol. The molecule has 1 unspecified atom stereocenters. The fourth-order valence-corrected chi connectivity index (χ4v) is 2.27. The molecule has 0 spiro atoms. The fraction of sp³-hybridized carbons (Fsp3) is 0.417. The van der Waals surface area contributed by atoms with Crippen molar-refractivity contribution in [2.24, 2.45) is 11.1 Å². The van der Waals surface area contributed by atoms with Crippen LogP contribution in [0, 0.1) is 16.7 Å². The van der Waals surface area contributed by atoms with Crippen molar-refractivity contribution in [2.75, 3.05) is 18.0 Å². The predicted molar refractivity (Wildman–Crippen MR) is 68.1 cm³/mol. The van der Waals surface area contributed by atoms with Gasteiger partial charge in [-0.25, -0.2) is 4.98 Å². The topological polar surface area (TPSA) is 83.0 Å². The Kier molecular flexibility index (Phi) is 3.14. The number of amides is 1. The van der Waals surface area contributed by atoms with Gasteiger partial charge in [0.1, 0.15) is 11.0 Å². The van der Waals surface area contributed by atoms with Gasteiger partial charge >= 0.3 is 0 Å². The third-order valence-electron chi connectivity index (χ3n) is 3.30. The van der Waals surface area contributed by atoms with Gasteiger partial charge in [0.05, 0.1) is 17.0 Å². The van der Waals surface area contributed by atoms with E-state index in [1.54, 1.807) is 6.07 Å². The predicted octanol–water partition coefficient (Wildman–Crippen LogP) is 1.31. The molecule has 2 heterocycles. The van der Waals surface area contributed by atoms with Crippen LogP contribution in [-0.4, -0.2) is 24.0 Å². The summed E-state index contributed by atoms with van der Waals surface area (Å²) in [7, 11) is 0. The second-order valence-corrected chi connectivity index (χ2v) is 5.13. The van der Waals surface area contributed by atoms with Crippen LogP contribution in [0.15, 0.2) is 12.1 Å². The molecule has 0 saturated carbocycles. The van der Waals surface area contributed by atoms with Crippen LogP contribution >= 0.6 is 11.6 Å². The van der Waals surface area contributed by atoms with Gasteiger partial charge in [0.15, 0.2) is 0 Å². The lowest BCUT2D eigenvalue weighted by molar-refractivity contribution is -0.125. The molecule has 1 saturated heterocycles. The Morgan fingerprint density at radius 2 is 2.39 bits per heavy atom. The molecule has 1 fully saturated rings. The maximum atomic E-state index is 11.4. The van der Waals surface area contributed by atoms with Crippen molar-refractivity contribution in [1.82, 2.24) is 4.98 Å². The van der Waals surface area contributed by atoms with Crippen LogP contribution in [0.2, 0.25) is 5.15 Å². The highest BCUT2D eigenvalue weighted by molar-refractivity contribution is 6.29. The van der Waals surface area contributed by atoms with Gasteiger partial charge in [-0.3, -0.25) is 4.79 Å². The normalized spacial score (nSPS) is 22.8. The van der Waals surface area contributed by atoms with Gasteiger partial charge in [0, 0.05) is 13.1 Å². The SMILES string of the molecule is CC1(C(N)=O)CCN(c2cc(C#N)cc(Cl)n2)C1. The molecule has 1 atom stereocenters. The number of carbonyl (C=O) groups excluding carboxylic acids is 1. The molecule has 18 heavy (non-hydrogen) atoms. The highest BCUT2D eigenvalue weighted by Gasteiger charge is 2.39. The lowest BCUT2D eigenvalue weighted by Gasteiger charge is -2.21. The first-order chi connectivity index (χ1) is 8.44. The van der Waals surface area contributed by atoms with Crippen molar-refractivity contribution >= 4 is 23.3 Å². The number of hydrogen-bond donors (Lipinski definition) is 1. The minimum absolute atomic E-state index is 0.275. The Hall–Kier alpha value is -1.80. The third-order valence-corrected chi connectivity index (χ3v) is 3.50. The van der Waals surface area contributed by atoms with Gasteiger partial charge in [-0.15, -0.1) is 0 Å². The zero-order valence-corrected chi connectivity index (χ0v) is 10.7. The highest BCUT2D eigenvalue weighted by Crippen LogP contribution is 2.32.